The molecule has 5 heteroatoms. The standard InChI is InChI=1S/C12H14N2O3/c15-6-3-7-17-12(16)11-9-4-1-2-5-10(9)13-8-14-11/h1-2,4-5,8,11,15H,3,6-7H2,(H,13,14). The number of esters is 1. The number of carbonyl (C=O) groups excluding carboxylic acids is 1. The first-order valence-corrected chi connectivity index (χ1v) is 5.47. The maximum Gasteiger partial charge on any atom is 0.335 e. The summed E-state index contributed by atoms with van der Waals surface area (Å²) in [6, 6.07) is 6.87. The van der Waals surface area contributed by atoms with Gasteiger partial charge in [-0.1, -0.05) is 18.2 Å². The van der Waals surface area contributed by atoms with E-state index in [9.17, 15) is 4.79 Å². The van der Waals surface area contributed by atoms with Crippen LogP contribution >= 0.6 is 0 Å². The molecule has 2 N–H and O–H groups in total. The molecule has 5 nitrogen and oxygen atoms in total. The van der Waals surface area contributed by atoms with E-state index in [1.54, 1.807) is 0 Å². The van der Waals surface area contributed by atoms with Crippen LogP contribution in [0.15, 0.2) is 29.3 Å². The molecule has 0 amide bonds. The number of benzene rings is 1. The number of rotatable bonds is 4. The molecule has 0 fully saturated rings. The number of carbonyl (C=O) groups is 1. The Balaban J connectivity index is 2.08. The van der Waals surface area contributed by atoms with Crippen LogP contribution in [0, 0.1) is 0 Å². The molecule has 0 radical (unpaired) electrons. The van der Waals surface area contributed by atoms with Crippen LogP contribution in [0.5, 0.6) is 0 Å². The fourth-order valence-corrected chi connectivity index (χ4v) is 1.63. The molecule has 0 spiro atoms. The summed E-state index contributed by atoms with van der Waals surface area (Å²) in [6.07, 6.45) is 1.95. The molecule has 0 saturated heterocycles. The number of hydrogen-bond acceptors (Lipinski definition) is 5. The van der Waals surface area contributed by atoms with Crippen LogP contribution in [0.2, 0.25) is 0 Å². The SMILES string of the molecule is O=C(OCCCO)C1N=CNc2ccccc21. The van der Waals surface area contributed by atoms with Gasteiger partial charge < -0.3 is 15.2 Å². The number of fused-ring (bicyclic) bond motifs is 1. The fourth-order valence-electron chi connectivity index (χ4n) is 1.63. The van der Waals surface area contributed by atoms with Crippen molar-refractivity contribution in [3.8, 4) is 0 Å². The average Bonchev–Trinajstić information content (AvgIpc) is 2.38. The maximum absolute atomic E-state index is 11.8. The number of hydrogen-bond donors (Lipinski definition) is 2. The zero-order chi connectivity index (χ0) is 12.1. The van der Waals surface area contributed by atoms with Gasteiger partial charge in [0.25, 0.3) is 0 Å². The van der Waals surface area contributed by atoms with Gasteiger partial charge in [0.15, 0.2) is 6.04 Å². The van der Waals surface area contributed by atoms with Gasteiger partial charge in [-0.15, -0.1) is 0 Å². The molecular formula is C12H14N2O3. The first-order valence-electron chi connectivity index (χ1n) is 5.47. The van der Waals surface area contributed by atoms with E-state index in [4.69, 9.17) is 9.84 Å². The molecule has 1 heterocycles. The highest BCUT2D eigenvalue weighted by atomic mass is 16.5. The summed E-state index contributed by atoms with van der Waals surface area (Å²) >= 11 is 0. The van der Waals surface area contributed by atoms with Crippen LogP contribution in [0.4, 0.5) is 5.69 Å². The summed E-state index contributed by atoms with van der Waals surface area (Å²) in [5.41, 5.74) is 1.68. The fraction of sp³-hybridized carbons (Fsp3) is 0.333. The Morgan fingerprint density at radius 2 is 2.29 bits per heavy atom. The van der Waals surface area contributed by atoms with Gasteiger partial charge >= 0.3 is 5.97 Å². The number of nitrogens with one attached hydrogen (secondary N) is 1. The second-order valence-corrected chi connectivity index (χ2v) is 3.66. The third-order valence-electron chi connectivity index (χ3n) is 2.47. The lowest BCUT2D eigenvalue weighted by atomic mass is 10.0. The average molecular weight is 234 g/mol. The van der Waals surface area contributed by atoms with Gasteiger partial charge in [0.05, 0.1) is 12.9 Å². The zero-order valence-corrected chi connectivity index (χ0v) is 9.30. The van der Waals surface area contributed by atoms with Crippen molar-refractivity contribution in [2.75, 3.05) is 18.5 Å². The summed E-state index contributed by atoms with van der Waals surface area (Å²) in [6.45, 7) is 0.232. The quantitative estimate of drug-likeness (QED) is 0.604. The van der Waals surface area contributed by atoms with Crippen molar-refractivity contribution in [1.82, 2.24) is 0 Å². The predicted molar refractivity (Wildman–Crippen MR) is 64.0 cm³/mol. The Morgan fingerprint density at radius 3 is 3.12 bits per heavy atom. The van der Waals surface area contributed by atoms with E-state index < -0.39 is 6.04 Å². The largest absolute Gasteiger partial charge is 0.464 e. The van der Waals surface area contributed by atoms with Gasteiger partial charge in [-0.05, 0) is 6.07 Å². The smallest absolute Gasteiger partial charge is 0.335 e. The highest BCUT2D eigenvalue weighted by Gasteiger charge is 2.25. The Morgan fingerprint density at radius 1 is 1.47 bits per heavy atom. The van der Waals surface area contributed by atoms with Crippen molar-refractivity contribution in [3.05, 3.63) is 29.8 Å². The van der Waals surface area contributed by atoms with Gasteiger partial charge in [-0.3, -0.25) is 4.99 Å². The third-order valence-corrected chi connectivity index (χ3v) is 2.47. The molecule has 1 aliphatic rings. The van der Waals surface area contributed by atoms with E-state index in [0.717, 1.165) is 11.3 Å². The van der Waals surface area contributed by atoms with Crippen LogP contribution in [0.3, 0.4) is 0 Å². The van der Waals surface area contributed by atoms with E-state index in [1.807, 2.05) is 24.3 Å². The maximum atomic E-state index is 11.8. The minimum Gasteiger partial charge on any atom is -0.464 e. The number of ether oxygens (including phenoxy) is 1. The second kappa shape index (κ2) is 5.45. The predicted octanol–water partition coefficient (Wildman–Crippen LogP) is 1.11. The van der Waals surface area contributed by atoms with E-state index in [1.165, 1.54) is 6.34 Å². The molecule has 0 aliphatic carbocycles. The molecular weight excluding hydrogens is 220 g/mol. The first kappa shape index (κ1) is 11.6. The van der Waals surface area contributed by atoms with Crippen LogP contribution in [0.25, 0.3) is 0 Å². The number of aliphatic imine (C=N–C) groups is 1. The van der Waals surface area contributed by atoms with Crippen molar-refractivity contribution < 1.29 is 14.6 Å². The highest BCUT2D eigenvalue weighted by molar-refractivity contribution is 5.89. The molecule has 1 aromatic carbocycles. The van der Waals surface area contributed by atoms with Crippen LogP contribution in [0.1, 0.15) is 18.0 Å². The number of aliphatic hydroxyl groups is 1. The van der Waals surface area contributed by atoms with Crippen LogP contribution < -0.4 is 5.32 Å². The van der Waals surface area contributed by atoms with E-state index >= 15 is 0 Å². The van der Waals surface area contributed by atoms with E-state index in [0.29, 0.717) is 6.42 Å². The Hall–Kier alpha value is -1.88. The highest BCUT2D eigenvalue weighted by Crippen LogP contribution is 2.28. The van der Waals surface area contributed by atoms with Crippen molar-refractivity contribution in [3.63, 3.8) is 0 Å². The van der Waals surface area contributed by atoms with Gasteiger partial charge in [0, 0.05) is 24.3 Å². The number of nitrogens with zero attached hydrogens (tertiary/aromatic N) is 1. The Bertz CT molecular complexity index is 432. The summed E-state index contributed by atoms with van der Waals surface area (Å²) in [5, 5.41) is 11.6. The van der Waals surface area contributed by atoms with Crippen LogP contribution in [-0.4, -0.2) is 30.6 Å². The molecule has 1 unspecified atom stereocenters. The molecule has 1 aromatic rings. The van der Waals surface area contributed by atoms with Crippen molar-refractivity contribution in [1.29, 1.82) is 0 Å². The lowest BCUT2D eigenvalue weighted by Crippen LogP contribution is -2.20. The molecule has 17 heavy (non-hydrogen) atoms. The Kier molecular flexibility index (Phi) is 3.72. The van der Waals surface area contributed by atoms with Gasteiger partial charge in [-0.2, -0.15) is 0 Å². The number of anilines is 1. The van der Waals surface area contributed by atoms with Gasteiger partial charge in [0.2, 0.25) is 0 Å². The molecule has 1 atom stereocenters. The molecule has 0 aromatic heterocycles. The van der Waals surface area contributed by atoms with Crippen molar-refractivity contribution in [2.45, 2.75) is 12.5 Å². The van der Waals surface area contributed by atoms with E-state index in [-0.39, 0.29) is 19.2 Å². The first-order chi connectivity index (χ1) is 8.33. The minimum atomic E-state index is -0.605. The topological polar surface area (TPSA) is 70.9 Å². The summed E-state index contributed by atoms with van der Waals surface area (Å²) in [7, 11) is 0. The van der Waals surface area contributed by atoms with Crippen LogP contribution in [-0.2, 0) is 9.53 Å². The lowest BCUT2D eigenvalue weighted by molar-refractivity contribution is -0.145. The Labute approximate surface area is 99.1 Å². The minimum absolute atomic E-state index is 0.0133. The van der Waals surface area contributed by atoms with Gasteiger partial charge in [-0.25, -0.2) is 4.79 Å². The molecule has 0 bridgehead atoms. The third kappa shape index (κ3) is 2.62. The normalized spacial score (nSPS) is 17.1. The molecule has 2 rings (SSSR count). The summed E-state index contributed by atoms with van der Waals surface area (Å²) in [5.74, 6) is -0.386. The molecule has 90 valence electrons. The summed E-state index contributed by atoms with van der Waals surface area (Å²) in [4.78, 5) is 15.9. The number of para-hydroxylation sites is 1. The van der Waals surface area contributed by atoms with Gasteiger partial charge in [0.1, 0.15) is 0 Å². The van der Waals surface area contributed by atoms with E-state index in [2.05, 4.69) is 10.3 Å². The second-order valence-electron chi connectivity index (χ2n) is 3.66. The molecule has 1 aliphatic heterocycles. The summed E-state index contributed by atoms with van der Waals surface area (Å²) < 4.78 is 5.04. The zero-order valence-electron chi connectivity index (χ0n) is 9.30. The molecule has 0 saturated carbocycles. The van der Waals surface area contributed by atoms with Crippen molar-refractivity contribution >= 4 is 18.0 Å². The lowest BCUT2D eigenvalue weighted by Gasteiger charge is -2.19. The van der Waals surface area contributed by atoms with Crippen molar-refractivity contribution in [2.24, 2.45) is 4.99 Å². The number of aliphatic hydroxyl groups excluding tert-OH is 1. The monoisotopic (exact) mass is 234 g/mol.